The van der Waals surface area contributed by atoms with E-state index in [-0.39, 0.29) is 6.61 Å². The number of aromatic nitrogens is 1. The van der Waals surface area contributed by atoms with Gasteiger partial charge in [0.2, 0.25) is 0 Å². The normalized spacial score (nSPS) is 11.4. The lowest BCUT2D eigenvalue weighted by Gasteiger charge is -2.19. The first-order chi connectivity index (χ1) is 8.49. The average molecular weight is 245 g/mol. The van der Waals surface area contributed by atoms with Crippen LogP contribution < -0.4 is 4.74 Å². The number of benzene rings is 1. The zero-order valence-electron chi connectivity index (χ0n) is 10.4. The molecule has 0 fully saturated rings. The lowest BCUT2D eigenvalue weighted by molar-refractivity contribution is -0.148. The van der Waals surface area contributed by atoms with E-state index in [9.17, 15) is 4.79 Å². The number of nitrogens with zero attached hydrogens (tertiary/aromatic N) is 1. The molecule has 2 rings (SSSR count). The van der Waals surface area contributed by atoms with Crippen LogP contribution in [0.2, 0.25) is 0 Å². The molecular weight excluding hydrogens is 230 g/mol. The smallest absolute Gasteiger partial charge is 0.312 e. The summed E-state index contributed by atoms with van der Waals surface area (Å²) in [6.07, 6.45) is 1.73. The third-order valence-corrected chi connectivity index (χ3v) is 2.75. The zero-order chi connectivity index (χ0) is 13.2. The topological polar surface area (TPSA) is 59.4 Å². The maximum absolute atomic E-state index is 11.0. The highest BCUT2D eigenvalue weighted by molar-refractivity contribution is 5.79. The van der Waals surface area contributed by atoms with Gasteiger partial charge in [0.05, 0.1) is 10.9 Å². The van der Waals surface area contributed by atoms with E-state index in [0.717, 1.165) is 10.9 Å². The molecule has 0 atom stereocenters. The Balaban J connectivity index is 2.15. The summed E-state index contributed by atoms with van der Waals surface area (Å²) in [4.78, 5) is 15.2. The molecule has 94 valence electrons. The number of carboxylic acids is 1. The number of carbonyl (C=O) groups is 1. The van der Waals surface area contributed by atoms with E-state index in [0.29, 0.717) is 5.75 Å². The molecule has 4 heteroatoms. The Hall–Kier alpha value is -2.10. The molecule has 0 amide bonds. The molecular formula is C14H15NO3. The molecule has 0 aliphatic carbocycles. The molecule has 0 bridgehead atoms. The Kier molecular flexibility index (Phi) is 3.19. The number of ether oxygens (including phenoxy) is 1. The number of hydrogen-bond acceptors (Lipinski definition) is 3. The highest BCUT2D eigenvalue weighted by atomic mass is 16.5. The fourth-order valence-electron chi connectivity index (χ4n) is 1.47. The molecule has 18 heavy (non-hydrogen) atoms. The van der Waals surface area contributed by atoms with Gasteiger partial charge in [0.1, 0.15) is 12.4 Å². The van der Waals surface area contributed by atoms with Crippen LogP contribution in [-0.2, 0) is 4.79 Å². The Bertz CT molecular complexity index is 578. The van der Waals surface area contributed by atoms with Gasteiger partial charge in [0, 0.05) is 11.6 Å². The number of rotatable bonds is 4. The monoisotopic (exact) mass is 245 g/mol. The van der Waals surface area contributed by atoms with Gasteiger partial charge in [-0.15, -0.1) is 0 Å². The first kappa shape index (κ1) is 12.4. The first-order valence-electron chi connectivity index (χ1n) is 5.70. The van der Waals surface area contributed by atoms with Crippen LogP contribution in [0.15, 0.2) is 36.5 Å². The summed E-state index contributed by atoms with van der Waals surface area (Å²) < 4.78 is 5.53. The molecule has 4 nitrogen and oxygen atoms in total. The predicted molar refractivity (Wildman–Crippen MR) is 68.7 cm³/mol. The summed E-state index contributed by atoms with van der Waals surface area (Å²) >= 11 is 0. The Morgan fingerprint density at radius 3 is 2.89 bits per heavy atom. The molecule has 2 aromatic rings. The SMILES string of the molecule is CC(C)(COc1ccc2ncccc2c1)C(=O)O. The molecule has 0 unspecified atom stereocenters. The van der Waals surface area contributed by atoms with E-state index in [1.807, 2.05) is 24.3 Å². The molecule has 0 aliphatic heterocycles. The minimum Gasteiger partial charge on any atom is -0.492 e. The van der Waals surface area contributed by atoms with Crippen LogP contribution in [0.25, 0.3) is 10.9 Å². The lowest BCUT2D eigenvalue weighted by Crippen LogP contribution is -2.30. The summed E-state index contributed by atoms with van der Waals surface area (Å²) in [5, 5.41) is 9.98. The highest BCUT2D eigenvalue weighted by Gasteiger charge is 2.28. The Morgan fingerprint density at radius 2 is 2.17 bits per heavy atom. The van der Waals surface area contributed by atoms with E-state index in [1.54, 1.807) is 26.1 Å². The number of pyridine rings is 1. The summed E-state index contributed by atoms with van der Waals surface area (Å²) in [5.41, 5.74) is -0.00785. The Morgan fingerprint density at radius 1 is 1.39 bits per heavy atom. The van der Waals surface area contributed by atoms with Crippen LogP contribution in [0, 0.1) is 5.41 Å². The van der Waals surface area contributed by atoms with Crippen LogP contribution in [0.4, 0.5) is 0 Å². The van der Waals surface area contributed by atoms with E-state index < -0.39 is 11.4 Å². The standard InChI is InChI=1S/C14H15NO3/c1-14(2,13(16)17)9-18-11-5-6-12-10(8-11)4-3-7-15-12/h3-8H,9H2,1-2H3,(H,16,17). The van der Waals surface area contributed by atoms with Crippen molar-refractivity contribution < 1.29 is 14.6 Å². The lowest BCUT2D eigenvalue weighted by atomic mass is 9.95. The summed E-state index contributed by atoms with van der Waals surface area (Å²) in [6, 6.07) is 9.32. The van der Waals surface area contributed by atoms with Gasteiger partial charge in [0.15, 0.2) is 0 Å². The molecule has 0 aliphatic rings. The molecule has 1 N–H and O–H groups in total. The van der Waals surface area contributed by atoms with Crippen LogP contribution in [0.1, 0.15) is 13.8 Å². The van der Waals surface area contributed by atoms with Crippen molar-refractivity contribution in [3.05, 3.63) is 36.5 Å². The number of carboxylic acid groups (broad SMARTS) is 1. The van der Waals surface area contributed by atoms with Gasteiger partial charge in [-0.05, 0) is 38.1 Å². The predicted octanol–water partition coefficient (Wildman–Crippen LogP) is 2.72. The fourth-order valence-corrected chi connectivity index (χ4v) is 1.47. The third-order valence-electron chi connectivity index (χ3n) is 2.75. The summed E-state index contributed by atoms with van der Waals surface area (Å²) in [6.45, 7) is 3.41. The minimum absolute atomic E-state index is 0.133. The van der Waals surface area contributed by atoms with Crippen molar-refractivity contribution in [1.29, 1.82) is 0 Å². The van der Waals surface area contributed by atoms with Crippen LogP contribution in [-0.4, -0.2) is 22.7 Å². The fraction of sp³-hybridized carbons (Fsp3) is 0.286. The molecule has 0 saturated carbocycles. The second-order valence-electron chi connectivity index (χ2n) is 4.84. The van der Waals surface area contributed by atoms with Gasteiger partial charge in [-0.3, -0.25) is 9.78 Å². The molecule has 0 saturated heterocycles. The number of aliphatic carboxylic acids is 1. The van der Waals surface area contributed by atoms with Crippen LogP contribution >= 0.6 is 0 Å². The van der Waals surface area contributed by atoms with E-state index in [1.165, 1.54) is 0 Å². The van der Waals surface area contributed by atoms with E-state index >= 15 is 0 Å². The average Bonchev–Trinajstić information content (AvgIpc) is 2.36. The first-order valence-corrected chi connectivity index (χ1v) is 5.70. The molecule has 1 heterocycles. The maximum Gasteiger partial charge on any atom is 0.312 e. The summed E-state index contributed by atoms with van der Waals surface area (Å²) in [7, 11) is 0. The second kappa shape index (κ2) is 4.64. The summed E-state index contributed by atoms with van der Waals surface area (Å²) in [5.74, 6) is -0.213. The van der Waals surface area contributed by atoms with Crippen molar-refractivity contribution in [3.63, 3.8) is 0 Å². The highest BCUT2D eigenvalue weighted by Crippen LogP contribution is 2.22. The Labute approximate surface area is 105 Å². The van der Waals surface area contributed by atoms with Gasteiger partial charge < -0.3 is 9.84 Å². The molecule has 0 spiro atoms. The van der Waals surface area contributed by atoms with Crippen molar-refractivity contribution in [2.24, 2.45) is 5.41 Å². The van der Waals surface area contributed by atoms with Crippen molar-refractivity contribution >= 4 is 16.9 Å². The minimum atomic E-state index is -0.899. The van der Waals surface area contributed by atoms with Crippen molar-refractivity contribution in [2.45, 2.75) is 13.8 Å². The van der Waals surface area contributed by atoms with Crippen LogP contribution in [0.3, 0.4) is 0 Å². The van der Waals surface area contributed by atoms with Crippen molar-refractivity contribution in [3.8, 4) is 5.75 Å². The zero-order valence-corrected chi connectivity index (χ0v) is 10.4. The second-order valence-corrected chi connectivity index (χ2v) is 4.84. The molecule has 1 aromatic carbocycles. The number of fused-ring (bicyclic) bond motifs is 1. The van der Waals surface area contributed by atoms with E-state index in [2.05, 4.69) is 4.98 Å². The van der Waals surface area contributed by atoms with Crippen molar-refractivity contribution in [2.75, 3.05) is 6.61 Å². The number of hydrogen-bond donors (Lipinski definition) is 1. The van der Waals surface area contributed by atoms with Gasteiger partial charge in [-0.1, -0.05) is 6.07 Å². The largest absolute Gasteiger partial charge is 0.492 e. The van der Waals surface area contributed by atoms with Gasteiger partial charge in [0.25, 0.3) is 0 Å². The van der Waals surface area contributed by atoms with Gasteiger partial charge >= 0.3 is 5.97 Å². The van der Waals surface area contributed by atoms with Crippen LogP contribution in [0.5, 0.6) is 5.75 Å². The quantitative estimate of drug-likeness (QED) is 0.899. The maximum atomic E-state index is 11.0. The van der Waals surface area contributed by atoms with Crippen molar-refractivity contribution in [1.82, 2.24) is 4.98 Å². The van der Waals surface area contributed by atoms with Gasteiger partial charge in [-0.25, -0.2) is 0 Å². The molecule has 0 radical (unpaired) electrons. The third kappa shape index (κ3) is 2.59. The van der Waals surface area contributed by atoms with E-state index in [4.69, 9.17) is 9.84 Å². The van der Waals surface area contributed by atoms with Gasteiger partial charge in [-0.2, -0.15) is 0 Å². The molecule has 1 aromatic heterocycles.